The predicted octanol–water partition coefficient (Wildman–Crippen LogP) is 0.606. The van der Waals surface area contributed by atoms with Crippen LogP contribution in [0.1, 0.15) is 35.3 Å². The molecule has 0 unspecified atom stereocenters. The number of hydrogen-bond donors (Lipinski definition) is 2. The van der Waals surface area contributed by atoms with Crippen LogP contribution in [0.25, 0.3) is 0 Å². The molecule has 0 saturated heterocycles. The zero-order valence-electron chi connectivity index (χ0n) is 12.6. The van der Waals surface area contributed by atoms with Crippen molar-refractivity contribution in [1.29, 1.82) is 0 Å². The van der Waals surface area contributed by atoms with E-state index in [2.05, 4.69) is 41.1 Å². The van der Waals surface area contributed by atoms with E-state index in [1.807, 2.05) is 0 Å². The number of nitrogens with zero attached hydrogens (tertiary/aromatic N) is 2. The van der Waals surface area contributed by atoms with Gasteiger partial charge in [-0.25, -0.2) is 4.98 Å². The zero-order chi connectivity index (χ0) is 15.3. The molecule has 112 valence electrons. The van der Waals surface area contributed by atoms with Crippen molar-refractivity contribution in [3.8, 4) is 11.8 Å². The Morgan fingerprint density at radius 3 is 2.86 bits per heavy atom. The largest absolute Gasteiger partial charge is 0.349 e. The van der Waals surface area contributed by atoms with Crippen LogP contribution in [0.2, 0.25) is 0 Å². The first-order valence-corrected chi connectivity index (χ1v) is 7.19. The van der Waals surface area contributed by atoms with E-state index in [4.69, 9.17) is 5.73 Å². The lowest BCUT2D eigenvalue weighted by Crippen LogP contribution is -2.57. The number of carbonyl (C=O) groups is 1. The third-order valence-corrected chi connectivity index (χ3v) is 4.16. The summed E-state index contributed by atoms with van der Waals surface area (Å²) < 4.78 is 0. The van der Waals surface area contributed by atoms with Crippen molar-refractivity contribution in [1.82, 2.24) is 15.2 Å². The van der Waals surface area contributed by atoms with Gasteiger partial charge in [-0.1, -0.05) is 11.8 Å². The normalized spacial score (nSPS) is 15.8. The molecule has 1 aromatic rings. The van der Waals surface area contributed by atoms with Crippen molar-refractivity contribution >= 4 is 5.91 Å². The first-order valence-electron chi connectivity index (χ1n) is 7.19. The Kier molecular flexibility index (Phi) is 4.94. The summed E-state index contributed by atoms with van der Waals surface area (Å²) in [5.74, 6) is 5.48. The van der Waals surface area contributed by atoms with Gasteiger partial charge in [-0.2, -0.15) is 0 Å². The summed E-state index contributed by atoms with van der Waals surface area (Å²) >= 11 is 0. The highest BCUT2D eigenvalue weighted by Gasteiger charge is 2.39. The second-order valence-corrected chi connectivity index (χ2v) is 5.56. The molecule has 1 heterocycles. The number of carbonyl (C=O) groups excluding carboxylic acids is 1. The Labute approximate surface area is 125 Å². The second kappa shape index (κ2) is 6.70. The molecule has 1 amide bonds. The van der Waals surface area contributed by atoms with Crippen LogP contribution in [0.4, 0.5) is 0 Å². The highest BCUT2D eigenvalue weighted by Crippen LogP contribution is 2.35. The lowest BCUT2D eigenvalue weighted by molar-refractivity contribution is 0.0556. The quantitative estimate of drug-likeness (QED) is 0.795. The van der Waals surface area contributed by atoms with E-state index in [1.54, 1.807) is 18.3 Å². The Balaban J connectivity index is 2.07. The van der Waals surface area contributed by atoms with E-state index in [0.717, 1.165) is 12.8 Å². The lowest BCUT2D eigenvalue weighted by Gasteiger charge is -2.47. The fraction of sp³-hybridized carbons (Fsp3) is 0.500. The number of nitrogens with one attached hydrogen (secondary N) is 1. The summed E-state index contributed by atoms with van der Waals surface area (Å²) in [6.07, 6.45) is 5.04. The molecule has 2 rings (SSSR count). The summed E-state index contributed by atoms with van der Waals surface area (Å²) in [7, 11) is 4.12. The van der Waals surface area contributed by atoms with Crippen LogP contribution in [0, 0.1) is 11.8 Å². The smallest absolute Gasteiger partial charge is 0.271 e. The minimum atomic E-state index is -0.176. The summed E-state index contributed by atoms with van der Waals surface area (Å²) in [4.78, 5) is 18.7. The van der Waals surface area contributed by atoms with Gasteiger partial charge in [0.1, 0.15) is 5.69 Å². The molecule has 5 nitrogen and oxygen atoms in total. The number of amides is 1. The van der Waals surface area contributed by atoms with Gasteiger partial charge in [-0.15, -0.1) is 0 Å². The van der Waals surface area contributed by atoms with Crippen molar-refractivity contribution in [2.24, 2.45) is 5.73 Å². The number of nitrogens with two attached hydrogens (primary N) is 1. The highest BCUT2D eigenvalue weighted by molar-refractivity contribution is 5.94. The first-order chi connectivity index (χ1) is 10.1. The molecule has 0 bridgehead atoms. The highest BCUT2D eigenvalue weighted by atomic mass is 16.1. The van der Waals surface area contributed by atoms with Crippen LogP contribution in [-0.2, 0) is 0 Å². The molecular formula is C16H22N4O. The van der Waals surface area contributed by atoms with Crippen LogP contribution in [0.5, 0.6) is 0 Å². The minimum Gasteiger partial charge on any atom is -0.349 e. The lowest BCUT2D eigenvalue weighted by atomic mass is 9.75. The third kappa shape index (κ3) is 3.41. The fourth-order valence-corrected chi connectivity index (χ4v) is 2.53. The summed E-state index contributed by atoms with van der Waals surface area (Å²) in [5.41, 5.74) is 6.45. The monoisotopic (exact) mass is 286 g/mol. The summed E-state index contributed by atoms with van der Waals surface area (Å²) in [5, 5.41) is 3.00. The van der Waals surface area contributed by atoms with Gasteiger partial charge in [0.2, 0.25) is 0 Å². The van der Waals surface area contributed by atoms with Gasteiger partial charge in [0.15, 0.2) is 0 Å². The van der Waals surface area contributed by atoms with Crippen LogP contribution >= 0.6 is 0 Å². The Hall–Kier alpha value is -1.90. The van der Waals surface area contributed by atoms with Gasteiger partial charge >= 0.3 is 0 Å². The van der Waals surface area contributed by atoms with Crippen molar-refractivity contribution in [2.75, 3.05) is 27.2 Å². The van der Waals surface area contributed by atoms with Gasteiger partial charge in [-0.05, 0) is 45.5 Å². The number of likely N-dealkylation sites (N-methyl/N-ethyl adjacent to an activating group) is 1. The Bertz CT molecular complexity index is 567. The molecule has 0 radical (unpaired) electrons. The van der Waals surface area contributed by atoms with Gasteiger partial charge in [0.05, 0.1) is 12.1 Å². The number of aromatic nitrogens is 1. The predicted molar refractivity (Wildman–Crippen MR) is 82.8 cm³/mol. The van der Waals surface area contributed by atoms with E-state index in [-0.39, 0.29) is 18.0 Å². The maximum atomic E-state index is 12.3. The standard InChI is InChI=1S/C16H22N4O/c1-20(2)16(8-5-9-16)12-19-15(21)14-13(6-3-10-17)7-4-11-18-14/h4,7,11H,5,8-10,12,17H2,1-2H3,(H,19,21). The molecule has 5 heteroatoms. The van der Waals surface area contributed by atoms with Crippen LogP contribution in [0.3, 0.4) is 0 Å². The molecule has 0 aliphatic heterocycles. The van der Waals surface area contributed by atoms with Crippen LogP contribution < -0.4 is 11.1 Å². The van der Waals surface area contributed by atoms with E-state index in [1.165, 1.54) is 6.42 Å². The summed E-state index contributed by atoms with van der Waals surface area (Å²) in [6.45, 7) is 0.902. The van der Waals surface area contributed by atoms with Crippen molar-refractivity contribution in [3.63, 3.8) is 0 Å². The zero-order valence-corrected chi connectivity index (χ0v) is 12.6. The van der Waals surface area contributed by atoms with Gasteiger partial charge in [-0.3, -0.25) is 4.79 Å². The van der Waals surface area contributed by atoms with Crippen molar-refractivity contribution in [2.45, 2.75) is 24.8 Å². The van der Waals surface area contributed by atoms with E-state index >= 15 is 0 Å². The molecule has 1 fully saturated rings. The number of rotatable bonds is 4. The SMILES string of the molecule is CN(C)C1(CNC(=O)c2ncccc2C#CCN)CCC1. The van der Waals surface area contributed by atoms with E-state index < -0.39 is 0 Å². The number of pyridine rings is 1. The number of hydrogen-bond acceptors (Lipinski definition) is 4. The van der Waals surface area contributed by atoms with Crippen molar-refractivity contribution < 1.29 is 4.79 Å². The molecule has 21 heavy (non-hydrogen) atoms. The molecule has 1 aromatic heterocycles. The van der Waals surface area contributed by atoms with Gasteiger partial charge in [0.25, 0.3) is 5.91 Å². The van der Waals surface area contributed by atoms with E-state index in [0.29, 0.717) is 17.8 Å². The fourth-order valence-electron chi connectivity index (χ4n) is 2.53. The molecule has 1 aliphatic carbocycles. The molecule has 3 N–H and O–H groups in total. The molecule has 1 saturated carbocycles. The second-order valence-electron chi connectivity index (χ2n) is 5.56. The molecule has 0 atom stereocenters. The van der Waals surface area contributed by atoms with E-state index in [9.17, 15) is 4.79 Å². The van der Waals surface area contributed by atoms with Crippen LogP contribution in [0.15, 0.2) is 18.3 Å². The molecule has 1 aliphatic rings. The Morgan fingerprint density at radius 1 is 1.52 bits per heavy atom. The van der Waals surface area contributed by atoms with Crippen LogP contribution in [-0.4, -0.2) is 48.5 Å². The molecular weight excluding hydrogens is 264 g/mol. The third-order valence-electron chi connectivity index (χ3n) is 4.16. The average molecular weight is 286 g/mol. The maximum Gasteiger partial charge on any atom is 0.271 e. The first kappa shape index (κ1) is 15.5. The average Bonchev–Trinajstić information content (AvgIpc) is 2.43. The maximum absolute atomic E-state index is 12.3. The Morgan fingerprint density at radius 2 is 2.29 bits per heavy atom. The van der Waals surface area contributed by atoms with Crippen molar-refractivity contribution in [3.05, 3.63) is 29.6 Å². The van der Waals surface area contributed by atoms with Gasteiger partial charge in [0, 0.05) is 18.3 Å². The molecule has 0 aromatic carbocycles. The minimum absolute atomic E-state index is 0.0908. The topological polar surface area (TPSA) is 71.2 Å². The summed E-state index contributed by atoms with van der Waals surface area (Å²) in [6, 6.07) is 3.56. The molecule has 0 spiro atoms. The van der Waals surface area contributed by atoms with Gasteiger partial charge < -0.3 is 16.0 Å².